The van der Waals surface area contributed by atoms with Crippen LogP contribution in [0, 0.1) is 5.92 Å². The zero-order valence-electron chi connectivity index (χ0n) is 7.56. The molecule has 1 aliphatic rings. The van der Waals surface area contributed by atoms with Crippen molar-refractivity contribution in [2.75, 3.05) is 6.54 Å². The van der Waals surface area contributed by atoms with Gasteiger partial charge in [0, 0.05) is 12.3 Å². The molecule has 0 amide bonds. The average molecular weight is 154 g/mol. The Morgan fingerprint density at radius 2 is 2.45 bits per heavy atom. The minimum Gasteiger partial charge on any atom is -0.310 e. The first-order chi connectivity index (χ1) is 5.33. The Morgan fingerprint density at radius 3 is 3.00 bits per heavy atom. The van der Waals surface area contributed by atoms with Crippen LogP contribution in [0.15, 0.2) is 5.10 Å². The molecule has 1 saturated carbocycles. The van der Waals surface area contributed by atoms with Gasteiger partial charge in [-0.1, -0.05) is 13.8 Å². The molecule has 0 bridgehead atoms. The molecule has 1 atom stereocenters. The lowest BCUT2D eigenvalue weighted by Gasteiger charge is -1.98. The zero-order valence-corrected chi connectivity index (χ0v) is 7.56. The van der Waals surface area contributed by atoms with Gasteiger partial charge in [-0.3, -0.25) is 0 Å². The molecule has 0 saturated heterocycles. The van der Waals surface area contributed by atoms with Crippen molar-refractivity contribution < 1.29 is 0 Å². The summed E-state index contributed by atoms with van der Waals surface area (Å²) in [6, 6.07) is 0. The summed E-state index contributed by atoms with van der Waals surface area (Å²) >= 11 is 0. The molecule has 0 spiro atoms. The zero-order chi connectivity index (χ0) is 8.10. The van der Waals surface area contributed by atoms with Gasteiger partial charge in [-0.25, -0.2) is 0 Å². The first kappa shape index (κ1) is 8.57. The third-order valence-electron chi connectivity index (χ3n) is 2.11. The van der Waals surface area contributed by atoms with E-state index in [4.69, 9.17) is 0 Å². The van der Waals surface area contributed by atoms with Crippen molar-refractivity contribution in [1.82, 2.24) is 5.43 Å². The van der Waals surface area contributed by atoms with Crippen LogP contribution in [0.3, 0.4) is 0 Å². The van der Waals surface area contributed by atoms with Gasteiger partial charge in [-0.15, -0.1) is 0 Å². The minimum atomic E-state index is 0.858. The summed E-state index contributed by atoms with van der Waals surface area (Å²) in [6.07, 6.45) is 4.90. The second kappa shape index (κ2) is 4.37. The number of nitrogens with zero attached hydrogens (tertiary/aromatic N) is 1. The molecule has 1 fully saturated rings. The van der Waals surface area contributed by atoms with Gasteiger partial charge in [0.15, 0.2) is 0 Å². The van der Waals surface area contributed by atoms with Crippen molar-refractivity contribution in [1.29, 1.82) is 0 Å². The predicted molar refractivity (Wildman–Crippen MR) is 48.7 cm³/mol. The van der Waals surface area contributed by atoms with Crippen LogP contribution >= 0.6 is 0 Å². The maximum Gasteiger partial charge on any atom is 0.0381 e. The predicted octanol–water partition coefficient (Wildman–Crippen LogP) is 2.16. The molecule has 1 N–H and O–H groups in total. The van der Waals surface area contributed by atoms with Crippen molar-refractivity contribution in [2.24, 2.45) is 11.0 Å². The molecule has 1 aliphatic carbocycles. The Kier molecular flexibility index (Phi) is 3.40. The smallest absolute Gasteiger partial charge is 0.0381 e. The number of hydrogen-bond donors (Lipinski definition) is 1. The highest BCUT2D eigenvalue weighted by Crippen LogP contribution is 2.21. The van der Waals surface area contributed by atoms with E-state index in [-0.39, 0.29) is 0 Å². The van der Waals surface area contributed by atoms with Gasteiger partial charge in [-0.05, 0) is 31.6 Å². The number of hydrazone groups is 1. The molecule has 0 aromatic rings. The van der Waals surface area contributed by atoms with E-state index in [1.54, 1.807) is 0 Å². The molecular weight excluding hydrogens is 136 g/mol. The monoisotopic (exact) mass is 154 g/mol. The Labute approximate surface area is 69.1 Å². The quantitative estimate of drug-likeness (QED) is 0.489. The lowest BCUT2D eigenvalue weighted by molar-refractivity contribution is 0.622. The summed E-state index contributed by atoms with van der Waals surface area (Å²) in [5, 5.41) is 4.33. The van der Waals surface area contributed by atoms with Gasteiger partial charge >= 0.3 is 0 Å². The van der Waals surface area contributed by atoms with E-state index in [0.717, 1.165) is 18.9 Å². The van der Waals surface area contributed by atoms with E-state index >= 15 is 0 Å². The van der Waals surface area contributed by atoms with Crippen molar-refractivity contribution in [3.63, 3.8) is 0 Å². The second-order valence-electron chi connectivity index (χ2n) is 3.43. The van der Waals surface area contributed by atoms with E-state index in [0.29, 0.717) is 0 Å². The fourth-order valence-electron chi connectivity index (χ4n) is 1.40. The third-order valence-corrected chi connectivity index (χ3v) is 2.11. The van der Waals surface area contributed by atoms with Crippen LogP contribution in [-0.4, -0.2) is 12.3 Å². The lowest BCUT2D eigenvalue weighted by Crippen LogP contribution is -2.09. The summed E-state index contributed by atoms with van der Waals surface area (Å²) < 4.78 is 0. The van der Waals surface area contributed by atoms with Gasteiger partial charge in [-0.2, -0.15) is 5.10 Å². The van der Waals surface area contributed by atoms with Crippen molar-refractivity contribution in [2.45, 2.75) is 39.5 Å². The van der Waals surface area contributed by atoms with Crippen molar-refractivity contribution in [3.05, 3.63) is 0 Å². The molecule has 64 valence electrons. The molecule has 1 rings (SSSR count). The average Bonchev–Trinajstić information content (AvgIpc) is 2.37. The first-order valence-electron chi connectivity index (χ1n) is 4.61. The molecule has 0 aliphatic heterocycles. The van der Waals surface area contributed by atoms with Crippen LogP contribution in [0.2, 0.25) is 0 Å². The Bertz CT molecular complexity index is 140. The second-order valence-corrected chi connectivity index (χ2v) is 3.43. The summed E-state index contributed by atoms with van der Waals surface area (Å²) in [5.74, 6) is 0.858. The Morgan fingerprint density at radius 1 is 1.64 bits per heavy atom. The lowest BCUT2D eigenvalue weighted by atomic mass is 10.1. The number of nitrogens with one attached hydrogen (secondary N) is 1. The van der Waals surface area contributed by atoms with Crippen molar-refractivity contribution in [3.8, 4) is 0 Å². The maximum atomic E-state index is 4.33. The molecule has 0 heterocycles. The molecule has 1 unspecified atom stereocenters. The molecule has 0 aromatic carbocycles. The van der Waals surface area contributed by atoms with Gasteiger partial charge in [0.2, 0.25) is 0 Å². The highest BCUT2D eigenvalue weighted by atomic mass is 15.3. The molecule has 11 heavy (non-hydrogen) atoms. The van der Waals surface area contributed by atoms with Gasteiger partial charge in [0.25, 0.3) is 0 Å². The number of rotatable bonds is 3. The standard InChI is InChI=1S/C9H18N2/c1-3-6-10-11-9-5-4-8(2)7-9/h8,10H,3-7H2,1-2H3/b11-9+. The van der Waals surface area contributed by atoms with Crippen LogP contribution in [0.4, 0.5) is 0 Å². The Hall–Kier alpha value is -0.530. The van der Waals surface area contributed by atoms with Gasteiger partial charge < -0.3 is 5.43 Å². The fraction of sp³-hybridized carbons (Fsp3) is 0.889. The Balaban J connectivity index is 2.19. The highest BCUT2D eigenvalue weighted by molar-refractivity contribution is 5.86. The van der Waals surface area contributed by atoms with Crippen LogP contribution in [0.5, 0.6) is 0 Å². The van der Waals surface area contributed by atoms with E-state index < -0.39 is 0 Å². The molecule has 0 aromatic heterocycles. The van der Waals surface area contributed by atoms with Crippen molar-refractivity contribution >= 4 is 5.71 Å². The van der Waals surface area contributed by atoms with E-state index in [1.165, 1.54) is 25.0 Å². The highest BCUT2D eigenvalue weighted by Gasteiger charge is 2.15. The third kappa shape index (κ3) is 2.91. The van der Waals surface area contributed by atoms with Crippen LogP contribution in [0.1, 0.15) is 39.5 Å². The summed E-state index contributed by atoms with van der Waals surface area (Å²) in [5.41, 5.74) is 4.45. The largest absolute Gasteiger partial charge is 0.310 e. The molecule has 0 radical (unpaired) electrons. The fourth-order valence-corrected chi connectivity index (χ4v) is 1.40. The van der Waals surface area contributed by atoms with E-state index in [9.17, 15) is 0 Å². The first-order valence-corrected chi connectivity index (χ1v) is 4.61. The van der Waals surface area contributed by atoms with E-state index in [1.807, 2.05) is 0 Å². The van der Waals surface area contributed by atoms with E-state index in [2.05, 4.69) is 24.4 Å². The summed E-state index contributed by atoms with van der Waals surface area (Å²) in [6.45, 7) is 5.46. The van der Waals surface area contributed by atoms with Gasteiger partial charge in [0.05, 0.1) is 0 Å². The summed E-state index contributed by atoms with van der Waals surface area (Å²) in [7, 11) is 0. The molecule has 2 nitrogen and oxygen atoms in total. The SMILES string of the molecule is CCCN/N=C1\CCC(C)C1. The topological polar surface area (TPSA) is 24.4 Å². The minimum absolute atomic E-state index is 0.858. The van der Waals surface area contributed by atoms with Crippen LogP contribution in [-0.2, 0) is 0 Å². The molecular formula is C9H18N2. The maximum absolute atomic E-state index is 4.33. The summed E-state index contributed by atoms with van der Waals surface area (Å²) in [4.78, 5) is 0. The normalized spacial score (nSPS) is 27.8. The van der Waals surface area contributed by atoms with Gasteiger partial charge in [0.1, 0.15) is 0 Å². The van der Waals surface area contributed by atoms with Crippen LogP contribution < -0.4 is 5.43 Å². The number of hydrogen-bond acceptors (Lipinski definition) is 2. The molecule has 2 heteroatoms. The van der Waals surface area contributed by atoms with Crippen LogP contribution in [0.25, 0.3) is 0 Å².